The summed E-state index contributed by atoms with van der Waals surface area (Å²) in [4.78, 5) is 15.2. The minimum Gasteiger partial charge on any atom is -0.494 e. The van der Waals surface area contributed by atoms with Gasteiger partial charge in [0.2, 0.25) is 10.0 Å². The quantitative estimate of drug-likeness (QED) is 0.709. The number of nitrogens with one attached hydrogen (secondary N) is 1. The summed E-state index contributed by atoms with van der Waals surface area (Å²) in [7, 11) is -1.67. The van der Waals surface area contributed by atoms with Crippen LogP contribution in [0, 0.1) is 6.92 Å². The lowest BCUT2D eigenvalue weighted by Crippen LogP contribution is -2.47. The average Bonchev–Trinajstić information content (AvgIpc) is 2.75. The van der Waals surface area contributed by atoms with Crippen LogP contribution in [0.2, 0.25) is 0 Å². The summed E-state index contributed by atoms with van der Waals surface area (Å²) in [5.74, 6) is 0.471. The van der Waals surface area contributed by atoms with Crippen molar-refractivity contribution in [3.05, 3.63) is 59.2 Å². The molecule has 1 fully saturated rings. The number of benzene rings is 2. The van der Waals surface area contributed by atoms with Crippen molar-refractivity contribution < 1.29 is 17.9 Å². The number of carbonyl (C=O) groups is 1. The van der Waals surface area contributed by atoms with Crippen LogP contribution in [-0.4, -0.2) is 63.4 Å². The maximum absolute atomic E-state index is 13.2. The van der Waals surface area contributed by atoms with Crippen LogP contribution >= 0.6 is 0 Å². The van der Waals surface area contributed by atoms with Gasteiger partial charge in [0.15, 0.2) is 0 Å². The number of carbonyl (C=O) groups excluding carboxylic acids is 1. The van der Waals surface area contributed by atoms with Gasteiger partial charge in [0.1, 0.15) is 5.75 Å². The molecule has 1 saturated heterocycles. The zero-order valence-corrected chi connectivity index (χ0v) is 19.4. The van der Waals surface area contributed by atoms with E-state index in [0.29, 0.717) is 43.9 Å². The molecule has 0 saturated carbocycles. The maximum Gasteiger partial charge on any atom is 0.251 e. The Morgan fingerprint density at radius 3 is 2.35 bits per heavy atom. The Bertz CT molecular complexity index is 1010. The molecule has 0 spiro atoms. The van der Waals surface area contributed by atoms with Crippen molar-refractivity contribution in [3.63, 3.8) is 0 Å². The molecule has 1 N–H and O–H groups in total. The third kappa shape index (κ3) is 5.44. The zero-order chi connectivity index (χ0) is 22.6. The van der Waals surface area contributed by atoms with Gasteiger partial charge in [-0.15, -0.1) is 0 Å². The number of ether oxygens (including phenoxy) is 1. The van der Waals surface area contributed by atoms with Crippen LogP contribution in [0.1, 0.15) is 41.4 Å². The van der Waals surface area contributed by atoms with Gasteiger partial charge < -0.3 is 15.0 Å². The number of hydrogen-bond donors (Lipinski definition) is 1. The van der Waals surface area contributed by atoms with E-state index in [2.05, 4.69) is 10.2 Å². The molecule has 1 aliphatic heterocycles. The SMILES string of the molecule is CCOc1ccc([C@H](C)NC(=O)c2ccc(C)c(S(=O)(=O)N3CCN(C)CC3)c2)cc1. The molecule has 7 nitrogen and oxygen atoms in total. The number of sulfonamides is 1. The van der Waals surface area contributed by atoms with Crippen LogP contribution in [0.15, 0.2) is 47.4 Å². The topological polar surface area (TPSA) is 78.9 Å². The lowest BCUT2D eigenvalue weighted by molar-refractivity contribution is 0.0939. The Labute approximate surface area is 185 Å². The number of likely N-dealkylation sites (N-methyl/N-ethyl adjacent to an activating group) is 1. The molecule has 8 heteroatoms. The average molecular weight is 446 g/mol. The Balaban J connectivity index is 1.76. The highest BCUT2D eigenvalue weighted by atomic mass is 32.2. The van der Waals surface area contributed by atoms with E-state index in [1.807, 2.05) is 45.2 Å². The third-order valence-corrected chi connectivity index (χ3v) is 7.61. The first-order chi connectivity index (χ1) is 14.7. The van der Waals surface area contributed by atoms with Crippen molar-refractivity contribution in [2.75, 3.05) is 39.8 Å². The van der Waals surface area contributed by atoms with Gasteiger partial charge in [-0.1, -0.05) is 18.2 Å². The molecular formula is C23H31N3O4S. The molecule has 0 unspecified atom stereocenters. The van der Waals surface area contributed by atoms with E-state index in [1.165, 1.54) is 10.4 Å². The molecule has 31 heavy (non-hydrogen) atoms. The second-order valence-electron chi connectivity index (χ2n) is 7.88. The fourth-order valence-corrected chi connectivity index (χ4v) is 5.24. The van der Waals surface area contributed by atoms with E-state index in [0.717, 1.165) is 11.3 Å². The maximum atomic E-state index is 13.2. The first-order valence-electron chi connectivity index (χ1n) is 10.6. The van der Waals surface area contributed by atoms with E-state index in [-0.39, 0.29) is 16.8 Å². The van der Waals surface area contributed by atoms with Crippen LogP contribution in [0.4, 0.5) is 0 Å². The van der Waals surface area contributed by atoms with Gasteiger partial charge in [-0.25, -0.2) is 8.42 Å². The first kappa shape index (κ1) is 23.2. The Kier molecular flexibility index (Phi) is 7.35. The van der Waals surface area contributed by atoms with Crippen LogP contribution in [0.25, 0.3) is 0 Å². The van der Waals surface area contributed by atoms with Crippen molar-refractivity contribution in [3.8, 4) is 5.75 Å². The summed E-state index contributed by atoms with van der Waals surface area (Å²) in [5.41, 5.74) is 1.90. The lowest BCUT2D eigenvalue weighted by atomic mass is 10.1. The van der Waals surface area contributed by atoms with Gasteiger partial charge in [-0.2, -0.15) is 4.31 Å². The molecule has 1 aliphatic rings. The van der Waals surface area contributed by atoms with Crippen molar-refractivity contribution in [1.29, 1.82) is 0 Å². The van der Waals surface area contributed by atoms with Gasteiger partial charge >= 0.3 is 0 Å². The van der Waals surface area contributed by atoms with Crippen molar-refractivity contribution in [1.82, 2.24) is 14.5 Å². The molecule has 3 rings (SSSR count). The molecular weight excluding hydrogens is 414 g/mol. The van der Waals surface area contributed by atoms with Crippen molar-refractivity contribution >= 4 is 15.9 Å². The van der Waals surface area contributed by atoms with Gasteiger partial charge in [0, 0.05) is 31.7 Å². The fourth-order valence-electron chi connectivity index (χ4n) is 3.57. The van der Waals surface area contributed by atoms with Gasteiger partial charge in [-0.3, -0.25) is 4.79 Å². The lowest BCUT2D eigenvalue weighted by Gasteiger charge is -2.32. The Morgan fingerprint density at radius 1 is 1.10 bits per heavy atom. The zero-order valence-electron chi connectivity index (χ0n) is 18.6. The highest BCUT2D eigenvalue weighted by Crippen LogP contribution is 2.23. The predicted octanol–water partition coefficient (Wildman–Crippen LogP) is 2.82. The van der Waals surface area contributed by atoms with Crippen LogP contribution in [0.3, 0.4) is 0 Å². The second-order valence-corrected chi connectivity index (χ2v) is 9.79. The third-order valence-electron chi connectivity index (χ3n) is 5.57. The minimum atomic E-state index is -3.65. The van der Waals surface area contributed by atoms with Gasteiger partial charge in [0.05, 0.1) is 17.5 Å². The van der Waals surface area contributed by atoms with E-state index < -0.39 is 10.0 Å². The van der Waals surface area contributed by atoms with Crippen LogP contribution in [-0.2, 0) is 10.0 Å². The number of amides is 1. The highest BCUT2D eigenvalue weighted by Gasteiger charge is 2.29. The highest BCUT2D eigenvalue weighted by molar-refractivity contribution is 7.89. The van der Waals surface area contributed by atoms with E-state index in [1.54, 1.807) is 19.1 Å². The fraction of sp³-hybridized carbons (Fsp3) is 0.435. The number of hydrogen-bond acceptors (Lipinski definition) is 5. The van der Waals surface area contributed by atoms with E-state index >= 15 is 0 Å². The molecule has 2 aromatic carbocycles. The summed E-state index contributed by atoms with van der Waals surface area (Å²) < 4.78 is 33.3. The standard InChI is InChI=1S/C23H31N3O4S/c1-5-30-21-10-8-19(9-11-21)18(3)24-23(27)20-7-6-17(2)22(16-20)31(28,29)26-14-12-25(4)13-15-26/h6-11,16,18H,5,12-15H2,1-4H3,(H,24,27)/t18-/m0/s1. The molecule has 0 radical (unpaired) electrons. The molecule has 0 bridgehead atoms. The Hall–Kier alpha value is -2.42. The van der Waals surface area contributed by atoms with Gasteiger partial charge in [0.25, 0.3) is 5.91 Å². The predicted molar refractivity (Wildman–Crippen MR) is 121 cm³/mol. The summed E-state index contributed by atoms with van der Waals surface area (Å²) in [6.45, 7) is 8.45. The largest absolute Gasteiger partial charge is 0.494 e. The van der Waals surface area contributed by atoms with Crippen molar-refractivity contribution in [2.24, 2.45) is 0 Å². The number of piperazine rings is 1. The summed E-state index contributed by atoms with van der Waals surface area (Å²) in [6.07, 6.45) is 0. The molecule has 2 aromatic rings. The number of rotatable bonds is 7. The Morgan fingerprint density at radius 2 is 1.74 bits per heavy atom. The summed E-state index contributed by atoms with van der Waals surface area (Å²) in [6, 6.07) is 12.2. The number of nitrogens with zero attached hydrogens (tertiary/aromatic N) is 2. The normalized spacial score (nSPS) is 16.6. The monoisotopic (exact) mass is 445 g/mol. The summed E-state index contributed by atoms with van der Waals surface area (Å²) >= 11 is 0. The molecule has 168 valence electrons. The van der Waals surface area contributed by atoms with E-state index in [9.17, 15) is 13.2 Å². The summed E-state index contributed by atoms with van der Waals surface area (Å²) in [5, 5.41) is 2.95. The molecule has 1 atom stereocenters. The molecule has 0 aliphatic carbocycles. The number of aryl methyl sites for hydroxylation is 1. The smallest absolute Gasteiger partial charge is 0.251 e. The van der Waals surface area contributed by atoms with Crippen molar-refractivity contribution in [2.45, 2.75) is 31.7 Å². The second kappa shape index (κ2) is 9.80. The molecule has 1 amide bonds. The molecule has 1 heterocycles. The molecule has 0 aromatic heterocycles. The first-order valence-corrected chi connectivity index (χ1v) is 12.0. The van der Waals surface area contributed by atoms with Crippen LogP contribution < -0.4 is 10.1 Å². The van der Waals surface area contributed by atoms with Crippen LogP contribution in [0.5, 0.6) is 5.75 Å². The minimum absolute atomic E-state index is 0.193. The van der Waals surface area contributed by atoms with Gasteiger partial charge in [-0.05, 0) is 63.2 Å². The van der Waals surface area contributed by atoms with E-state index in [4.69, 9.17) is 4.74 Å².